The molecule has 1 aliphatic heterocycles. The molecule has 1 aliphatic rings. The highest BCUT2D eigenvalue weighted by atomic mass is 32.2. The predicted octanol–water partition coefficient (Wildman–Crippen LogP) is 0.665. The number of piperidine rings is 1. The summed E-state index contributed by atoms with van der Waals surface area (Å²) in [5.41, 5.74) is 0. The minimum Gasteiger partial charge on any atom is -0.395 e. The Hall–Kier alpha value is -0.310. The van der Waals surface area contributed by atoms with Gasteiger partial charge in [0.25, 0.3) is 16.6 Å². The van der Waals surface area contributed by atoms with Gasteiger partial charge >= 0.3 is 0 Å². The maximum atomic E-state index is 12.4. The summed E-state index contributed by atoms with van der Waals surface area (Å²) in [6.07, 6.45) is -0.319. The van der Waals surface area contributed by atoms with Crippen molar-refractivity contribution in [2.45, 2.75) is 38.7 Å². The summed E-state index contributed by atoms with van der Waals surface area (Å²) < 4.78 is 51.2. The Morgan fingerprint density at radius 3 is 2.61 bits per heavy atom. The molecule has 1 fully saturated rings. The summed E-state index contributed by atoms with van der Waals surface area (Å²) in [6, 6.07) is -0.178. The lowest BCUT2D eigenvalue weighted by Gasteiger charge is -2.36. The topological polar surface area (TPSA) is 60.9 Å². The smallest absolute Gasteiger partial charge is 0.282 e. The zero-order chi connectivity index (χ0) is 13.8. The predicted molar refractivity (Wildman–Crippen MR) is 63.6 cm³/mol. The Labute approximate surface area is 107 Å². The Morgan fingerprint density at radius 1 is 1.44 bits per heavy atom. The van der Waals surface area contributed by atoms with Crippen LogP contribution in [0.3, 0.4) is 0 Å². The van der Waals surface area contributed by atoms with Gasteiger partial charge in [-0.2, -0.15) is 17.0 Å². The summed E-state index contributed by atoms with van der Waals surface area (Å²) in [7, 11) is -3.90. The van der Waals surface area contributed by atoms with Crippen LogP contribution in [0.4, 0.5) is 8.78 Å². The van der Waals surface area contributed by atoms with Crippen molar-refractivity contribution in [1.29, 1.82) is 0 Å². The highest BCUT2D eigenvalue weighted by molar-refractivity contribution is 7.86. The SMILES string of the molecule is CC1CCCCN1S(=O)(=O)N(CCO)CC(F)F. The first kappa shape index (κ1) is 15.7. The first-order valence-corrected chi connectivity index (χ1v) is 7.45. The fourth-order valence-corrected chi connectivity index (χ4v) is 3.96. The number of hydrogen-bond acceptors (Lipinski definition) is 3. The Balaban J connectivity index is 2.85. The molecule has 0 aromatic carbocycles. The van der Waals surface area contributed by atoms with Gasteiger partial charge in [0.05, 0.1) is 13.2 Å². The zero-order valence-electron chi connectivity index (χ0n) is 10.4. The van der Waals surface area contributed by atoms with E-state index in [0.717, 1.165) is 19.3 Å². The standard InChI is InChI=1S/C10H20F2N2O3S/c1-9-4-2-3-5-14(9)18(16,17)13(6-7-15)8-10(11)12/h9-10,15H,2-8H2,1H3. The van der Waals surface area contributed by atoms with Crippen molar-refractivity contribution in [3.63, 3.8) is 0 Å². The van der Waals surface area contributed by atoms with E-state index >= 15 is 0 Å². The van der Waals surface area contributed by atoms with Gasteiger partial charge in [0, 0.05) is 19.1 Å². The molecule has 0 radical (unpaired) electrons. The van der Waals surface area contributed by atoms with Gasteiger partial charge in [-0.25, -0.2) is 8.78 Å². The monoisotopic (exact) mass is 286 g/mol. The quantitative estimate of drug-likeness (QED) is 0.780. The molecule has 0 saturated carbocycles. The van der Waals surface area contributed by atoms with E-state index in [0.29, 0.717) is 10.8 Å². The number of halogens is 2. The molecule has 1 saturated heterocycles. The minimum absolute atomic E-state index is 0.178. The number of hydrogen-bond donors (Lipinski definition) is 1. The largest absolute Gasteiger partial charge is 0.395 e. The van der Waals surface area contributed by atoms with Crippen molar-refractivity contribution in [2.24, 2.45) is 0 Å². The molecule has 0 amide bonds. The van der Waals surface area contributed by atoms with Gasteiger partial charge in [0.15, 0.2) is 0 Å². The second kappa shape index (κ2) is 6.74. The van der Waals surface area contributed by atoms with Crippen LogP contribution >= 0.6 is 0 Å². The molecular formula is C10H20F2N2O3S. The lowest BCUT2D eigenvalue weighted by atomic mass is 10.1. The number of aliphatic hydroxyl groups is 1. The third kappa shape index (κ3) is 3.84. The lowest BCUT2D eigenvalue weighted by Crippen LogP contribution is -2.51. The normalized spacial score (nSPS) is 22.9. The van der Waals surface area contributed by atoms with Crippen LogP contribution in [-0.2, 0) is 10.2 Å². The molecule has 1 rings (SSSR count). The van der Waals surface area contributed by atoms with Gasteiger partial charge in [0.2, 0.25) is 0 Å². The highest BCUT2D eigenvalue weighted by Gasteiger charge is 2.35. The second-order valence-electron chi connectivity index (χ2n) is 4.44. The molecule has 108 valence electrons. The summed E-state index contributed by atoms with van der Waals surface area (Å²) in [4.78, 5) is 0. The van der Waals surface area contributed by atoms with Crippen LogP contribution in [0.5, 0.6) is 0 Å². The molecule has 1 atom stereocenters. The van der Waals surface area contributed by atoms with E-state index in [-0.39, 0.29) is 12.6 Å². The van der Waals surface area contributed by atoms with Gasteiger partial charge in [0.1, 0.15) is 0 Å². The number of rotatable bonds is 6. The van der Waals surface area contributed by atoms with E-state index in [2.05, 4.69) is 0 Å². The van der Waals surface area contributed by atoms with Gasteiger partial charge in [-0.05, 0) is 19.8 Å². The molecule has 0 aromatic heterocycles. The summed E-state index contributed by atoms with van der Waals surface area (Å²) in [6.45, 7) is 0.501. The average molecular weight is 286 g/mol. The van der Waals surface area contributed by atoms with Gasteiger partial charge < -0.3 is 5.11 Å². The maximum absolute atomic E-state index is 12.4. The third-order valence-corrected chi connectivity index (χ3v) is 5.18. The van der Waals surface area contributed by atoms with Gasteiger partial charge in [-0.1, -0.05) is 6.42 Å². The second-order valence-corrected chi connectivity index (χ2v) is 6.32. The average Bonchev–Trinajstić information content (AvgIpc) is 2.28. The van der Waals surface area contributed by atoms with Crippen LogP contribution in [-0.4, -0.2) is 60.8 Å². The minimum atomic E-state index is -3.90. The van der Waals surface area contributed by atoms with Crippen molar-refractivity contribution in [3.8, 4) is 0 Å². The number of alkyl halides is 2. The van der Waals surface area contributed by atoms with E-state index in [4.69, 9.17) is 5.11 Å². The summed E-state index contributed by atoms with van der Waals surface area (Å²) >= 11 is 0. The molecule has 1 unspecified atom stereocenters. The maximum Gasteiger partial charge on any atom is 0.282 e. The van der Waals surface area contributed by atoms with Crippen molar-refractivity contribution in [1.82, 2.24) is 8.61 Å². The first-order chi connectivity index (χ1) is 8.39. The van der Waals surface area contributed by atoms with E-state index in [9.17, 15) is 17.2 Å². The van der Waals surface area contributed by atoms with Crippen molar-refractivity contribution in [3.05, 3.63) is 0 Å². The number of nitrogens with zero attached hydrogens (tertiary/aromatic N) is 2. The van der Waals surface area contributed by atoms with Crippen LogP contribution in [0, 0.1) is 0 Å². The van der Waals surface area contributed by atoms with Crippen LogP contribution in [0.25, 0.3) is 0 Å². The molecule has 0 aromatic rings. The van der Waals surface area contributed by atoms with Crippen molar-refractivity contribution in [2.75, 3.05) is 26.2 Å². The van der Waals surface area contributed by atoms with E-state index in [1.54, 1.807) is 6.92 Å². The number of aliphatic hydroxyl groups excluding tert-OH is 1. The molecule has 1 heterocycles. The van der Waals surface area contributed by atoms with Crippen LogP contribution in [0.1, 0.15) is 26.2 Å². The lowest BCUT2D eigenvalue weighted by molar-refractivity contribution is 0.107. The fraction of sp³-hybridized carbons (Fsp3) is 1.00. The molecule has 5 nitrogen and oxygen atoms in total. The summed E-state index contributed by atoms with van der Waals surface area (Å²) in [5.74, 6) is 0. The van der Waals surface area contributed by atoms with Crippen LogP contribution in [0.2, 0.25) is 0 Å². The first-order valence-electron chi connectivity index (χ1n) is 6.05. The third-order valence-electron chi connectivity index (χ3n) is 3.06. The van der Waals surface area contributed by atoms with Crippen molar-refractivity contribution >= 4 is 10.2 Å². The fourth-order valence-electron chi connectivity index (χ4n) is 2.13. The summed E-state index contributed by atoms with van der Waals surface area (Å²) in [5, 5.41) is 8.81. The zero-order valence-corrected chi connectivity index (χ0v) is 11.2. The Kier molecular flexibility index (Phi) is 5.90. The van der Waals surface area contributed by atoms with E-state index in [1.807, 2.05) is 0 Å². The Bertz CT molecular complexity index is 351. The molecule has 1 N–H and O–H groups in total. The van der Waals surface area contributed by atoms with Crippen LogP contribution in [0.15, 0.2) is 0 Å². The van der Waals surface area contributed by atoms with Gasteiger partial charge in [-0.3, -0.25) is 0 Å². The van der Waals surface area contributed by atoms with Gasteiger partial charge in [-0.15, -0.1) is 0 Å². The van der Waals surface area contributed by atoms with E-state index < -0.39 is 29.8 Å². The molecule has 8 heteroatoms. The molecule has 0 spiro atoms. The molecule has 18 heavy (non-hydrogen) atoms. The van der Waals surface area contributed by atoms with Crippen LogP contribution < -0.4 is 0 Å². The van der Waals surface area contributed by atoms with Crippen molar-refractivity contribution < 1.29 is 22.3 Å². The molecule has 0 aliphatic carbocycles. The Morgan fingerprint density at radius 2 is 2.11 bits per heavy atom. The highest BCUT2D eigenvalue weighted by Crippen LogP contribution is 2.22. The molecular weight excluding hydrogens is 266 g/mol. The van der Waals surface area contributed by atoms with E-state index in [1.165, 1.54) is 4.31 Å². The molecule has 0 bridgehead atoms.